The van der Waals surface area contributed by atoms with E-state index in [2.05, 4.69) is 42.5 Å². The Labute approximate surface area is 160 Å². The van der Waals surface area contributed by atoms with E-state index in [1.165, 1.54) is 0 Å². The number of benzene rings is 2. The van der Waals surface area contributed by atoms with Crippen molar-refractivity contribution in [3.05, 3.63) is 54.9 Å². The number of rotatable bonds is 4. The van der Waals surface area contributed by atoms with E-state index in [1.54, 1.807) is 24.3 Å². The second kappa shape index (κ2) is 8.35. The molecule has 0 spiro atoms. The largest absolute Gasteiger partial charge is 0.396 e. The van der Waals surface area contributed by atoms with Gasteiger partial charge in [-0.05, 0) is 42.3 Å². The molecule has 0 bridgehead atoms. The van der Waals surface area contributed by atoms with Gasteiger partial charge in [0.2, 0.25) is 0 Å². The van der Waals surface area contributed by atoms with Crippen LogP contribution in [-0.2, 0) is 6.42 Å². The molecule has 0 radical (unpaired) electrons. The van der Waals surface area contributed by atoms with Gasteiger partial charge in [-0.2, -0.15) is 0 Å². The van der Waals surface area contributed by atoms with Crippen molar-refractivity contribution in [2.75, 3.05) is 17.2 Å². The van der Waals surface area contributed by atoms with Crippen molar-refractivity contribution >= 4 is 72.5 Å². The molecule has 8 heteroatoms. The Morgan fingerprint density at radius 3 is 2.30 bits per heavy atom. The normalized spacial score (nSPS) is 10.5. The predicted molar refractivity (Wildman–Crippen MR) is 102 cm³/mol. The highest BCUT2D eigenvalue weighted by molar-refractivity contribution is 9.11. The summed E-state index contributed by atoms with van der Waals surface area (Å²) in [4.78, 5) is 12.2. The van der Waals surface area contributed by atoms with Gasteiger partial charge >= 0.3 is 6.03 Å². The molecule has 23 heavy (non-hydrogen) atoms. The number of anilines is 2. The third-order valence-corrected chi connectivity index (χ3v) is 4.36. The number of hydrogen-bond acceptors (Lipinski definition) is 2. The number of nitrogens with one attached hydrogen (secondary N) is 2. The third-order valence-electron chi connectivity index (χ3n) is 2.89. The standard InChI is InChI=1S/C15H12Br2Cl2N2O2/c16-8-3-9(17)5-11(4-8)20-15(23)21-14-7-10(18)6-13(19)12(14)1-2-22/h3-7,22H,1-2H2,(H2,20,21,23). The van der Waals surface area contributed by atoms with Gasteiger partial charge in [-0.25, -0.2) is 4.79 Å². The Morgan fingerprint density at radius 1 is 1.04 bits per heavy atom. The number of aliphatic hydroxyl groups excluding tert-OH is 1. The summed E-state index contributed by atoms with van der Waals surface area (Å²) in [7, 11) is 0. The fourth-order valence-corrected chi connectivity index (χ4v) is 3.87. The van der Waals surface area contributed by atoms with E-state index in [-0.39, 0.29) is 6.61 Å². The SMILES string of the molecule is O=C(Nc1cc(Br)cc(Br)c1)Nc1cc(Cl)cc(Cl)c1CCO. The highest BCUT2D eigenvalue weighted by atomic mass is 79.9. The van der Waals surface area contributed by atoms with E-state index in [4.69, 9.17) is 28.3 Å². The molecule has 2 aromatic carbocycles. The zero-order chi connectivity index (χ0) is 17.0. The van der Waals surface area contributed by atoms with Crippen molar-refractivity contribution in [3.8, 4) is 0 Å². The van der Waals surface area contributed by atoms with E-state index < -0.39 is 6.03 Å². The summed E-state index contributed by atoms with van der Waals surface area (Å²) < 4.78 is 1.66. The molecule has 0 aliphatic rings. The van der Waals surface area contributed by atoms with E-state index in [9.17, 15) is 4.79 Å². The second-order valence-electron chi connectivity index (χ2n) is 4.62. The average molecular weight is 483 g/mol. The first-order valence-electron chi connectivity index (χ1n) is 6.52. The number of carbonyl (C=O) groups is 1. The molecule has 0 saturated heterocycles. The van der Waals surface area contributed by atoms with Crippen LogP contribution in [0.4, 0.5) is 16.2 Å². The van der Waals surface area contributed by atoms with Crippen LogP contribution in [0.2, 0.25) is 10.0 Å². The van der Waals surface area contributed by atoms with E-state index >= 15 is 0 Å². The molecule has 0 saturated carbocycles. The molecule has 122 valence electrons. The van der Waals surface area contributed by atoms with Gasteiger partial charge < -0.3 is 15.7 Å². The van der Waals surface area contributed by atoms with Gasteiger partial charge in [-0.15, -0.1) is 0 Å². The quantitative estimate of drug-likeness (QED) is 0.523. The minimum Gasteiger partial charge on any atom is -0.396 e. The zero-order valence-corrected chi connectivity index (χ0v) is 16.4. The first kappa shape index (κ1) is 18.5. The first-order chi connectivity index (χ1) is 10.9. The van der Waals surface area contributed by atoms with Crippen molar-refractivity contribution < 1.29 is 9.90 Å². The number of halogens is 4. The van der Waals surface area contributed by atoms with E-state index in [0.717, 1.165) is 8.95 Å². The predicted octanol–water partition coefficient (Wildman–Crippen LogP) is 5.70. The molecule has 0 aliphatic carbocycles. The molecule has 4 nitrogen and oxygen atoms in total. The molecule has 0 aliphatic heterocycles. The van der Waals surface area contributed by atoms with Crippen LogP contribution < -0.4 is 10.6 Å². The Hall–Kier alpha value is -0.790. The summed E-state index contributed by atoms with van der Waals surface area (Å²) in [6, 6.07) is 8.12. The molecular formula is C15H12Br2Cl2N2O2. The van der Waals surface area contributed by atoms with Gasteiger partial charge in [-0.1, -0.05) is 55.1 Å². The summed E-state index contributed by atoms with van der Waals surface area (Å²) in [5.41, 5.74) is 1.70. The Bertz CT molecular complexity index is 721. The summed E-state index contributed by atoms with van der Waals surface area (Å²) in [5, 5.41) is 15.4. The van der Waals surface area contributed by atoms with Crippen LogP contribution in [0.5, 0.6) is 0 Å². The monoisotopic (exact) mass is 480 g/mol. The number of amides is 2. The van der Waals surface area contributed by atoms with Gasteiger partial charge in [0.05, 0.1) is 0 Å². The maximum Gasteiger partial charge on any atom is 0.323 e. The summed E-state index contributed by atoms with van der Waals surface area (Å²) >= 11 is 18.8. The number of aliphatic hydroxyl groups is 1. The topological polar surface area (TPSA) is 61.4 Å². The Kier molecular flexibility index (Phi) is 6.73. The fourth-order valence-electron chi connectivity index (χ4n) is 1.99. The van der Waals surface area contributed by atoms with Crippen LogP contribution >= 0.6 is 55.1 Å². The van der Waals surface area contributed by atoms with Gasteiger partial charge in [0, 0.05) is 37.0 Å². The zero-order valence-electron chi connectivity index (χ0n) is 11.7. The third kappa shape index (κ3) is 5.36. The van der Waals surface area contributed by atoms with Crippen LogP contribution in [-0.4, -0.2) is 17.7 Å². The van der Waals surface area contributed by atoms with Crippen LogP contribution in [0.25, 0.3) is 0 Å². The second-order valence-corrected chi connectivity index (χ2v) is 7.30. The molecule has 2 amide bonds. The highest BCUT2D eigenvalue weighted by Crippen LogP contribution is 2.30. The van der Waals surface area contributed by atoms with Crippen LogP contribution in [0.1, 0.15) is 5.56 Å². The lowest BCUT2D eigenvalue weighted by molar-refractivity contribution is 0.262. The minimum atomic E-state index is -0.437. The van der Waals surface area contributed by atoms with Crippen LogP contribution in [0.15, 0.2) is 39.3 Å². The number of carbonyl (C=O) groups excluding carboxylic acids is 1. The molecule has 0 fully saturated rings. The van der Waals surface area contributed by atoms with Crippen molar-refractivity contribution in [2.45, 2.75) is 6.42 Å². The maximum absolute atomic E-state index is 12.2. The average Bonchev–Trinajstić information content (AvgIpc) is 2.41. The van der Waals surface area contributed by atoms with Gasteiger partial charge in [0.1, 0.15) is 0 Å². The lowest BCUT2D eigenvalue weighted by Gasteiger charge is -2.14. The molecular weight excluding hydrogens is 471 g/mol. The highest BCUT2D eigenvalue weighted by Gasteiger charge is 2.12. The van der Waals surface area contributed by atoms with E-state index in [1.807, 2.05) is 6.07 Å². The summed E-state index contributed by atoms with van der Waals surface area (Å²) in [6.07, 6.45) is 0.314. The number of hydrogen-bond donors (Lipinski definition) is 3. The molecule has 2 rings (SSSR count). The molecule has 3 N–H and O–H groups in total. The van der Waals surface area contributed by atoms with Gasteiger partial charge in [0.15, 0.2) is 0 Å². The summed E-state index contributed by atoms with van der Waals surface area (Å²) in [6.45, 7) is -0.0871. The molecule has 0 aromatic heterocycles. The van der Waals surface area contributed by atoms with Crippen molar-refractivity contribution in [2.24, 2.45) is 0 Å². The summed E-state index contributed by atoms with van der Waals surface area (Å²) in [5.74, 6) is 0. The maximum atomic E-state index is 12.2. The van der Waals surface area contributed by atoms with Crippen LogP contribution in [0, 0.1) is 0 Å². The molecule has 0 atom stereocenters. The van der Waals surface area contributed by atoms with Gasteiger partial charge in [0.25, 0.3) is 0 Å². The number of urea groups is 1. The van der Waals surface area contributed by atoms with Crippen molar-refractivity contribution in [1.29, 1.82) is 0 Å². The molecule has 0 heterocycles. The van der Waals surface area contributed by atoms with Crippen LogP contribution in [0.3, 0.4) is 0 Å². The first-order valence-corrected chi connectivity index (χ1v) is 8.86. The fraction of sp³-hybridized carbons (Fsp3) is 0.133. The lowest BCUT2D eigenvalue weighted by Crippen LogP contribution is -2.20. The lowest BCUT2D eigenvalue weighted by atomic mass is 10.1. The van der Waals surface area contributed by atoms with Crippen molar-refractivity contribution in [1.82, 2.24) is 0 Å². The smallest absolute Gasteiger partial charge is 0.323 e. The minimum absolute atomic E-state index is 0.0871. The molecule has 2 aromatic rings. The molecule has 0 unspecified atom stereocenters. The Morgan fingerprint density at radius 2 is 1.70 bits per heavy atom. The van der Waals surface area contributed by atoms with E-state index in [0.29, 0.717) is 33.4 Å². The Balaban J connectivity index is 2.19. The van der Waals surface area contributed by atoms with Gasteiger partial charge in [-0.3, -0.25) is 0 Å². The van der Waals surface area contributed by atoms with Crippen molar-refractivity contribution in [3.63, 3.8) is 0 Å².